The third-order valence-electron chi connectivity index (χ3n) is 5.51. The molecule has 7 nitrogen and oxygen atoms in total. The van der Waals surface area contributed by atoms with Crippen molar-refractivity contribution in [2.45, 2.75) is 26.3 Å². The molecule has 0 aliphatic rings. The summed E-state index contributed by atoms with van der Waals surface area (Å²) in [7, 11) is 1.29. The van der Waals surface area contributed by atoms with Crippen LogP contribution < -0.4 is 10.9 Å². The van der Waals surface area contributed by atoms with Crippen molar-refractivity contribution in [2.24, 2.45) is 0 Å². The van der Waals surface area contributed by atoms with E-state index in [1.807, 2.05) is 31.2 Å². The van der Waals surface area contributed by atoms with Gasteiger partial charge in [-0.25, -0.2) is 9.78 Å². The lowest BCUT2D eigenvalue weighted by Gasteiger charge is -2.15. The van der Waals surface area contributed by atoms with Crippen LogP contribution in [0.1, 0.15) is 35.1 Å². The molecule has 0 aliphatic carbocycles. The topological polar surface area (TPSA) is 90.3 Å². The number of hydrogen-bond acceptors (Lipinski definition) is 6. The van der Waals surface area contributed by atoms with Gasteiger partial charge < -0.3 is 10.1 Å². The van der Waals surface area contributed by atoms with E-state index >= 15 is 0 Å². The fraction of sp³-hybridized carbons (Fsp3) is 0.200. The second-order valence-electron chi connectivity index (χ2n) is 7.64. The summed E-state index contributed by atoms with van der Waals surface area (Å²) in [5, 5.41) is 3.28. The number of carbonyl (C=O) groups is 2. The smallest absolute Gasteiger partial charge is 0.337 e. The first-order valence-corrected chi connectivity index (χ1v) is 12.2. The molecule has 0 aliphatic heterocycles. The number of ether oxygens (including phenoxy) is 1. The van der Waals surface area contributed by atoms with Gasteiger partial charge >= 0.3 is 5.97 Å². The lowest BCUT2D eigenvalue weighted by Crippen LogP contribution is -2.31. The van der Waals surface area contributed by atoms with Gasteiger partial charge in [0.25, 0.3) is 5.56 Å². The Morgan fingerprint density at radius 1 is 1.21 bits per heavy atom. The lowest BCUT2D eigenvalue weighted by molar-refractivity contribution is -0.118. The maximum Gasteiger partial charge on any atom is 0.337 e. The molecule has 174 valence electrons. The average Bonchev–Trinajstić information content (AvgIpc) is 3.23. The minimum absolute atomic E-state index is 0.273. The third-order valence-corrected chi connectivity index (χ3v) is 7.28. The number of hydrogen-bond donors (Lipinski definition) is 1. The van der Waals surface area contributed by atoms with Gasteiger partial charge in [-0.3, -0.25) is 14.2 Å². The predicted octanol–water partition coefficient (Wildman–Crippen LogP) is 5.44. The molecule has 34 heavy (non-hydrogen) atoms. The van der Waals surface area contributed by atoms with Crippen molar-refractivity contribution in [3.05, 3.63) is 80.1 Å². The van der Waals surface area contributed by atoms with Crippen molar-refractivity contribution in [2.75, 3.05) is 12.4 Å². The van der Waals surface area contributed by atoms with E-state index in [0.29, 0.717) is 21.5 Å². The maximum absolute atomic E-state index is 13.6. The second kappa shape index (κ2) is 9.90. The molecule has 2 aromatic heterocycles. The Bertz CT molecular complexity index is 1440. The SMILES string of the molecule is CCc1sc2ncn(C(C)C(=O)Nc3cccc(C(=O)OC)c3)c(=O)c2c1-c1ccc(Br)cc1. The summed E-state index contributed by atoms with van der Waals surface area (Å²) in [4.78, 5) is 44.6. The van der Waals surface area contributed by atoms with Crippen LogP contribution in [0.2, 0.25) is 0 Å². The van der Waals surface area contributed by atoms with Gasteiger partial charge in [0.15, 0.2) is 0 Å². The highest BCUT2D eigenvalue weighted by Gasteiger charge is 2.23. The number of nitrogens with one attached hydrogen (secondary N) is 1. The predicted molar refractivity (Wildman–Crippen MR) is 138 cm³/mol. The van der Waals surface area contributed by atoms with Gasteiger partial charge in [0.1, 0.15) is 10.9 Å². The average molecular weight is 540 g/mol. The molecular weight excluding hydrogens is 518 g/mol. The van der Waals surface area contributed by atoms with Crippen molar-refractivity contribution in [3.8, 4) is 11.1 Å². The van der Waals surface area contributed by atoms with E-state index in [-0.39, 0.29) is 5.56 Å². The van der Waals surface area contributed by atoms with Gasteiger partial charge in [-0.1, -0.05) is 41.1 Å². The summed E-state index contributed by atoms with van der Waals surface area (Å²) < 4.78 is 7.02. The van der Waals surface area contributed by atoms with E-state index in [2.05, 4.69) is 26.2 Å². The van der Waals surface area contributed by atoms with Crippen LogP contribution in [0.4, 0.5) is 5.69 Å². The molecule has 4 rings (SSSR count). The minimum Gasteiger partial charge on any atom is -0.465 e. The van der Waals surface area contributed by atoms with Gasteiger partial charge in [-0.2, -0.15) is 0 Å². The van der Waals surface area contributed by atoms with Gasteiger partial charge in [0.2, 0.25) is 5.91 Å². The summed E-state index contributed by atoms with van der Waals surface area (Å²) in [6, 6.07) is 13.4. The number of fused-ring (bicyclic) bond motifs is 1. The largest absolute Gasteiger partial charge is 0.465 e. The fourth-order valence-corrected chi connectivity index (χ4v) is 5.07. The maximum atomic E-state index is 13.6. The summed E-state index contributed by atoms with van der Waals surface area (Å²) in [6.07, 6.45) is 2.18. The highest BCUT2D eigenvalue weighted by atomic mass is 79.9. The molecule has 2 aromatic carbocycles. The molecule has 0 spiro atoms. The highest BCUT2D eigenvalue weighted by molar-refractivity contribution is 9.10. The Morgan fingerprint density at radius 3 is 2.62 bits per heavy atom. The Labute approximate surface area is 208 Å². The number of esters is 1. The number of amides is 1. The molecule has 0 saturated heterocycles. The molecule has 9 heteroatoms. The number of rotatable bonds is 6. The molecule has 1 amide bonds. The summed E-state index contributed by atoms with van der Waals surface area (Å²) in [5.74, 6) is -0.902. The van der Waals surface area contributed by atoms with Crippen LogP contribution in [0.15, 0.2) is 64.1 Å². The standard InChI is InChI=1S/C25H22BrN3O4S/c1-4-19-20(15-8-10-17(26)11-9-15)21-23(34-19)27-13-29(24(21)31)14(2)22(30)28-18-7-5-6-16(12-18)25(32)33-3/h5-14H,4H2,1-3H3,(H,28,30). The van der Waals surface area contributed by atoms with E-state index in [1.54, 1.807) is 25.1 Å². The molecule has 0 fully saturated rings. The van der Waals surface area contributed by atoms with Crippen LogP contribution in [0.5, 0.6) is 0 Å². The van der Waals surface area contributed by atoms with Crippen LogP contribution in [0, 0.1) is 0 Å². The van der Waals surface area contributed by atoms with Crippen LogP contribution in [-0.2, 0) is 16.0 Å². The first kappa shape index (κ1) is 23.8. The Balaban J connectivity index is 1.72. The van der Waals surface area contributed by atoms with Crippen molar-refractivity contribution >= 4 is 55.0 Å². The monoisotopic (exact) mass is 539 g/mol. The Hall–Kier alpha value is -3.30. The number of carbonyl (C=O) groups excluding carboxylic acids is 2. The van der Waals surface area contributed by atoms with Crippen molar-refractivity contribution in [3.63, 3.8) is 0 Å². The van der Waals surface area contributed by atoms with Gasteiger partial charge in [0, 0.05) is 20.6 Å². The van der Waals surface area contributed by atoms with E-state index in [4.69, 9.17) is 4.74 Å². The zero-order chi connectivity index (χ0) is 24.4. The number of aromatic nitrogens is 2. The Morgan fingerprint density at radius 2 is 1.94 bits per heavy atom. The summed E-state index contributed by atoms with van der Waals surface area (Å²) in [5.41, 5.74) is 2.27. The second-order valence-corrected chi connectivity index (χ2v) is 9.63. The Kier molecular flexibility index (Phi) is 6.95. The number of nitrogens with zero attached hydrogens (tertiary/aromatic N) is 2. The molecular formula is C25H22BrN3O4S. The van der Waals surface area contributed by atoms with Crippen LogP contribution in [-0.4, -0.2) is 28.5 Å². The van der Waals surface area contributed by atoms with Gasteiger partial charge in [0.05, 0.1) is 24.4 Å². The van der Waals surface area contributed by atoms with Crippen molar-refractivity contribution in [1.82, 2.24) is 9.55 Å². The first-order valence-electron chi connectivity index (χ1n) is 10.6. The number of methoxy groups -OCH3 is 1. The summed E-state index contributed by atoms with van der Waals surface area (Å²) in [6.45, 7) is 3.69. The van der Waals surface area contributed by atoms with Crippen LogP contribution in [0.3, 0.4) is 0 Å². The van der Waals surface area contributed by atoms with E-state index in [9.17, 15) is 14.4 Å². The quantitative estimate of drug-likeness (QED) is 0.329. The molecule has 0 bridgehead atoms. The van der Waals surface area contributed by atoms with Crippen molar-refractivity contribution < 1.29 is 14.3 Å². The first-order chi connectivity index (χ1) is 16.3. The normalized spacial score (nSPS) is 11.9. The number of benzene rings is 2. The minimum atomic E-state index is -0.825. The third kappa shape index (κ3) is 4.53. The number of anilines is 1. The molecule has 0 saturated carbocycles. The van der Waals surface area contributed by atoms with Crippen LogP contribution in [0.25, 0.3) is 21.3 Å². The molecule has 1 unspecified atom stereocenters. The van der Waals surface area contributed by atoms with E-state index in [0.717, 1.165) is 26.9 Å². The molecule has 4 aromatic rings. The van der Waals surface area contributed by atoms with Gasteiger partial charge in [-0.05, 0) is 49.2 Å². The van der Waals surface area contributed by atoms with Crippen molar-refractivity contribution in [1.29, 1.82) is 0 Å². The number of aryl methyl sites for hydroxylation is 1. The zero-order valence-electron chi connectivity index (χ0n) is 18.8. The van der Waals surface area contributed by atoms with E-state index in [1.165, 1.54) is 35.4 Å². The highest BCUT2D eigenvalue weighted by Crippen LogP contribution is 2.37. The molecule has 2 heterocycles. The summed E-state index contributed by atoms with van der Waals surface area (Å²) >= 11 is 4.95. The van der Waals surface area contributed by atoms with E-state index < -0.39 is 17.9 Å². The molecule has 1 N–H and O–H groups in total. The van der Waals surface area contributed by atoms with Gasteiger partial charge in [-0.15, -0.1) is 11.3 Å². The number of thiophene rings is 1. The fourth-order valence-electron chi connectivity index (χ4n) is 3.71. The lowest BCUT2D eigenvalue weighted by atomic mass is 10.0. The van der Waals surface area contributed by atoms with Crippen LogP contribution >= 0.6 is 27.3 Å². The zero-order valence-corrected chi connectivity index (χ0v) is 21.2. The number of halogens is 1. The molecule has 1 atom stereocenters. The molecule has 0 radical (unpaired) electrons.